The molecule has 1 aromatic carbocycles. The summed E-state index contributed by atoms with van der Waals surface area (Å²) < 4.78 is 5.78. The van der Waals surface area contributed by atoms with Crippen molar-refractivity contribution < 1.29 is 14.9 Å². The second-order valence-electron chi connectivity index (χ2n) is 3.21. The average Bonchev–Trinajstić information content (AvgIpc) is 2.22. The summed E-state index contributed by atoms with van der Waals surface area (Å²) in [5.74, 6) is 0.428. The first kappa shape index (κ1) is 12.3. The van der Waals surface area contributed by atoms with Gasteiger partial charge < -0.3 is 20.7 Å². The monoisotopic (exact) mass is 275 g/mol. The SMILES string of the molecule is COc1cc(Br)cc(CC(O)CN)c1O. The van der Waals surface area contributed by atoms with Gasteiger partial charge in [0.1, 0.15) is 0 Å². The van der Waals surface area contributed by atoms with Crippen LogP contribution in [0.2, 0.25) is 0 Å². The summed E-state index contributed by atoms with van der Waals surface area (Å²) in [5.41, 5.74) is 5.91. The highest BCUT2D eigenvalue weighted by Crippen LogP contribution is 2.34. The van der Waals surface area contributed by atoms with Crippen LogP contribution in [0, 0.1) is 0 Å². The van der Waals surface area contributed by atoms with Crippen molar-refractivity contribution in [1.29, 1.82) is 0 Å². The smallest absolute Gasteiger partial charge is 0.161 e. The predicted octanol–water partition coefficient (Wildman–Crippen LogP) is 1.03. The summed E-state index contributed by atoms with van der Waals surface area (Å²) in [5, 5.41) is 19.2. The third kappa shape index (κ3) is 3.09. The molecule has 4 nitrogen and oxygen atoms in total. The molecule has 1 unspecified atom stereocenters. The number of benzene rings is 1. The number of phenols is 1. The van der Waals surface area contributed by atoms with Crippen LogP contribution in [0.4, 0.5) is 0 Å². The Labute approximate surface area is 96.8 Å². The molecule has 0 spiro atoms. The van der Waals surface area contributed by atoms with Crippen molar-refractivity contribution in [1.82, 2.24) is 0 Å². The van der Waals surface area contributed by atoms with E-state index in [4.69, 9.17) is 10.5 Å². The molecule has 1 aromatic rings. The summed E-state index contributed by atoms with van der Waals surface area (Å²) in [6.07, 6.45) is -0.354. The van der Waals surface area contributed by atoms with Crippen LogP contribution < -0.4 is 10.5 Å². The second-order valence-corrected chi connectivity index (χ2v) is 4.13. The zero-order valence-electron chi connectivity index (χ0n) is 8.40. The fourth-order valence-electron chi connectivity index (χ4n) is 1.28. The average molecular weight is 276 g/mol. The molecule has 4 N–H and O–H groups in total. The van der Waals surface area contributed by atoms with Gasteiger partial charge in [-0.2, -0.15) is 0 Å². The van der Waals surface area contributed by atoms with Gasteiger partial charge in [0, 0.05) is 23.0 Å². The number of hydrogen-bond acceptors (Lipinski definition) is 4. The Morgan fingerprint density at radius 1 is 1.53 bits per heavy atom. The van der Waals surface area contributed by atoms with E-state index in [1.165, 1.54) is 7.11 Å². The molecule has 0 bridgehead atoms. The third-order valence-corrected chi connectivity index (χ3v) is 2.52. The van der Waals surface area contributed by atoms with E-state index in [0.717, 1.165) is 4.47 Å². The number of hydrogen-bond donors (Lipinski definition) is 3. The molecule has 0 aliphatic rings. The van der Waals surface area contributed by atoms with Gasteiger partial charge in [-0.3, -0.25) is 0 Å². The van der Waals surface area contributed by atoms with Crippen molar-refractivity contribution in [2.24, 2.45) is 5.73 Å². The van der Waals surface area contributed by atoms with Gasteiger partial charge in [0.2, 0.25) is 0 Å². The highest BCUT2D eigenvalue weighted by molar-refractivity contribution is 9.10. The quantitative estimate of drug-likeness (QED) is 0.767. The van der Waals surface area contributed by atoms with Crippen molar-refractivity contribution >= 4 is 15.9 Å². The van der Waals surface area contributed by atoms with Crippen molar-refractivity contribution in [3.63, 3.8) is 0 Å². The van der Waals surface area contributed by atoms with Gasteiger partial charge in [0.15, 0.2) is 11.5 Å². The Morgan fingerprint density at radius 3 is 2.73 bits per heavy atom. The van der Waals surface area contributed by atoms with Crippen LogP contribution in [0.15, 0.2) is 16.6 Å². The molecule has 0 amide bonds. The molecule has 0 radical (unpaired) electrons. The zero-order chi connectivity index (χ0) is 11.4. The highest BCUT2D eigenvalue weighted by atomic mass is 79.9. The number of nitrogens with two attached hydrogens (primary N) is 1. The molecular formula is C10H14BrNO3. The van der Waals surface area contributed by atoms with Crippen LogP contribution in [0.5, 0.6) is 11.5 Å². The maximum Gasteiger partial charge on any atom is 0.161 e. The fourth-order valence-corrected chi connectivity index (χ4v) is 1.76. The molecule has 1 rings (SSSR count). The van der Waals surface area contributed by atoms with E-state index in [-0.39, 0.29) is 12.3 Å². The van der Waals surface area contributed by atoms with Crippen LogP contribution >= 0.6 is 15.9 Å². The van der Waals surface area contributed by atoms with E-state index in [1.54, 1.807) is 12.1 Å². The standard InChI is InChI=1S/C10H14BrNO3/c1-15-9-4-7(11)2-6(10(9)14)3-8(13)5-12/h2,4,8,13-14H,3,5,12H2,1H3. The Balaban J connectivity index is 3.01. The van der Waals surface area contributed by atoms with Gasteiger partial charge in [-0.25, -0.2) is 0 Å². The van der Waals surface area contributed by atoms with Crippen molar-refractivity contribution in [2.45, 2.75) is 12.5 Å². The van der Waals surface area contributed by atoms with E-state index in [9.17, 15) is 10.2 Å². The van der Waals surface area contributed by atoms with Crippen LogP contribution in [0.25, 0.3) is 0 Å². The first-order chi connectivity index (χ1) is 7.08. The Hall–Kier alpha value is -0.780. The van der Waals surface area contributed by atoms with Crippen LogP contribution in [-0.2, 0) is 6.42 Å². The largest absolute Gasteiger partial charge is 0.504 e. The van der Waals surface area contributed by atoms with Crippen molar-refractivity contribution in [3.05, 3.63) is 22.2 Å². The van der Waals surface area contributed by atoms with E-state index in [1.807, 2.05) is 0 Å². The van der Waals surface area contributed by atoms with Crippen molar-refractivity contribution in [2.75, 3.05) is 13.7 Å². The zero-order valence-corrected chi connectivity index (χ0v) is 9.99. The van der Waals surface area contributed by atoms with Crippen molar-refractivity contribution in [3.8, 4) is 11.5 Å². The number of halogens is 1. The minimum atomic E-state index is -0.657. The molecule has 0 aliphatic heterocycles. The lowest BCUT2D eigenvalue weighted by Crippen LogP contribution is -2.22. The third-order valence-electron chi connectivity index (χ3n) is 2.07. The molecule has 0 fully saturated rings. The summed E-state index contributed by atoms with van der Waals surface area (Å²) in [4.78, 5) is 0. The first-order valence-corrected chi connectivity index (χ1v) is 5.31. The van der Waals surface area contributed by atoms with Gasteiger partial charge in [-0.1, -0.05) is 15.9 Å². The Morgan fingerprint density at radius 2 is 2.20 bits per heavy atom. The topological polar surface area (TPSA) is 75.7 Å². The molecule has 84 valence electrons. The lowest BCUT2D eigenvalue weighted by Gasteiger charge is -2.12. The second kappa shape index (κ2) is 5.34. The summed E-state index contributed by atoms with van der Waals surface area (Å²) in [6, 6.07) is 3.39. The summed E-state index contributed by atoms with van der Waals surface area (Å²) >= 11 is 3.30. The molecule has 1 atom stereocenters. The van der Waals surface area contributed by atoms with Gasteiger partial charge in [0.05, 0.1) is 13.2 Å². The van der Waals surface area contributed by atoms with Crippen LogP contribution in [0.1, 0.15) is 5.56 Å². The molecular weight excluding hydrogens is 262 g/mol. The lowest BCUT2D eigenvalue weighted by molar-refractivity contribution is 0.182. The number of aliphatic hydroxyl groups excluding tert-OH is 1. The number of phenolic OH excluding ortho intramolecular Hbond substituents is 1. The van der Waals surface area contributed by atoms with Crippen LogP contribution in [-0.4, -0.2) is 30.0 Å². The minimum Gasteiger partial charge on any atom is -0.504 e. The molecule has 0 saturated carbocycles. The number of rotatable bonds is 4. The highest BCUT2D eigenvalue weighted by Gasteiger charge is 2.12. The van der Waals surface area contributed by atoms with E-state index < -0.39 is 6.10 Å². The normalized spacial score (nSPS) is 12.5. The molecule has 0 aromatic heterocycles. The lowest BCUT2D eigenvalue weighted by atomic mass is 10.1. The Kier molecular flexibility index (Phi) is 4.38. The van der Waals surface area contributed by atoms with Gasteiger partial charge in [-0.05, 0) is 12.1 Å². The maximum absolute atomic E-state index is 9.76. The molecule has 15 heavy (non-hydrogen) atoms. The summed E-state index contributed by atoms with van der Waals surface area (Å²) in [7, 11) is 1.48. The van der Waals surface area contributed by atoms with E-state index in [2.05, 4.69) is 15.9 Å². The first-order valence-electron chi connectivity index (χ1n) is 4.52. The van der Waals surface area contributed by atoms with Gasteiger partial charge in [0.25, 0.3) is 0 Å². The number of aromatic hydroxyl groups is 1. The molecule has 0 aliphatic carbocycles. The number of aliphatic hydroxyl groups is 1. The van der Waals surface area contributed by atoms with Gasteiger partial charge >= 0.3 is 0 Å². The Bertz CT molecular complexity index is 344. The van der Waals surface area contributed by atoms with E-state index in [0.29, 0.717) is 17.7 Å². The summed E-state index contributed by atoms with van der Waals surface area (Å²) in [6.45, 7) is 0.161. The molecule has 5 heteroatoms. The molecule has 0 saturated heterocycles. The number of ether oxygens (including phenoxy) is 1. The van der Waals surface area contributed by atoms with Crippen LogP contribution in [0.3, 0.4) is 0 Å². The number of methoxy groups -OCH3 is 1. The minimum absolute atomic E-state index is 0.0493. The predicted molar refractivity (Wildman–Crippen MR) is 61.1 cm³/mol. The molecule has 0 heterocycles. The van der Waals surface area contributed by atoms with E-state index >= 15 is 0 Å². The fraction of sp³-hybridized carbons (Fsp3) is 0.400. The van der Waals surface area contributed by atoms with Gasteiger partial charge in [-0.15, -0.1) is 0 Å². The maximum atomic E-state index is 9.76.